The maximum atomic E-state index is 15.0. The maximum Gasteiger partial charge on any atom is 0.166 e. The van der Waals surface area contributed by atoms with E-state index in [0.717, 1.165) is 74.0 Å². The summed E-state index contributed by atoms with van der Waals surface area (Å²) in [4.78, 5) is 0. The van der Waals surface area contributed by atoms with E-state index in [1.165, 1.54) is 12.8 Å². The Morgan fingerprint density at radius 1 is 0.757 bits per heavy atom. The van der Waals surface area contributed by atoms with Crippen LogP contribution in [0.2, 0.25) is 0 Å². The molecule has 196 valence electrons. The Kier molecular flexibility index (Phi) is 9.66. The molecule has 1 saturated carbocycles. The predicted octanol–water partition coefficient (Wildman–Crippen LogP) is 10.7. The van der Waals surface area contributed by atoms with Gasteiger partial charge in [0.05, 0.1) is 0 Å². The monoisotopic (exact) mass is 504 g/mol. The van der Waals surface area contributed by atoms with Crippen LogP contribution in [0.25, 0.3) is 23.3 Å². The summed E-state index contributed by atoms with van der Waals surface area (Å²) in [6, 6.07) is 16.4. The first-order valence-electron chi connectivity index (χ1n) is 14.0. The molecule has 0 nitrogen and oxygen atoms in total. The summed E-state index contributed by atoms with van der Waals surface area (Å²) in [6.07, 6.45) is 14.1. The zero-order valence-electron chi connectivity index (χ0n) is 22.2. The number of benzene rings is 3. The first kappa shape index (κ1) is 27.2. The number of aryl methyl sites for hydroxylation is 1. The molecule has 0 N–H and O–H groups in total. The fraction of sp³-hybridized carbons (Fsp3) is 0.412. The van der Waals surface area contributed by atoms with Gasteiger partial charge in [0.1, 0.15) is 5.82 Å². The van der Waals surface area contributed by atoms with Crippen LogP contribution >= 0.6 is 0 Å². The molecule has 3 aromatic carbocycles. The third-order valence-electron chi connectivity index (χ3n) is 7.91. The summed E-state index contributed by atoms with van der Waals surface area (Å²) in [7, 11) is 0. The van der Waals surface area contributed by atoms with Gasteiger partial charge in [-0.05, 0) is 78.7 Å². The molecule has 0 aliphatic heterocycles. The second kappa shape index (κ2) is 13.1. The van der Waals surface area contributed by atoms with E-state index < -0.39 is 11.6 Å². The highest BCUT2D eigenvalue weighted by molar-refractivity contribution is 5.72. The van der Waals surface area contributed by atoms with Crippen molar-refractivity contribution in [1.82, 2.24) is 0 Å². The van der Waals surface area contributed by atoms with Crippen molar-refractivity contribution in [3.05, 3.63) is 94.3 Å². The van der Waals surface area contributed by atoms with Crippen molar-refractivity contribution in [2.75, 3.05) is 0 Å². The molecule has 3 heteroatoms. The topological polar surface area (TPSA) is 0 Å². The highest BCUT2D eigenvalue weighted by Crippen LogP contribution is 2.39. The quantitative estimate of drug-likeness (QED) is 0.190. The Morgan fingerprint density at radius 3 is 2.19 bits per heavy atom. The largest absolute Gasteiger partial charge is 0.206 e. The highest BCUT2D eigenvalue weighted by Gasteiger charge is 2.25. The van der Waals surface area contributed by atoms with Crippen molar-refractivity contribution in [2.45, 2.75) is 84.0 Å². The fourth-order valence-corrected chi connectivity index (χ4v) is 5.68. The molecular formula is C34H39F3. The second-order valence-corrected chi connectivity index (χ2v) is 10.6. The minimum Gasteiger partial charge on any atom is -0.206 e. The van der Waals surface area contributed by atoms with Gasteiger partial charge in [0.25, 0.3) is 0 Å². The Labute approximate surface area is 220 Å². The molecule has 1 fully saturated rings. The fourth-order valence-electron chi connectivity index (χ4n) is 5.68. The summed E-state index contributed by atoms with van der Waals surface area (Å²) in [5.74, 6) is -0.853. The van der Waals surface area contributed by atoms with E-state index >= 15 is 0 Å². The van der Waals surface area contributed by atoms with Gasteiger partial charge in [0.2, 0.25) is 0 Å². The third-order valence-corrected chi connectivity index (χ3v) is 7.91. The van der Waals surface area contributed by atoms with Crippen LogP contribution in [-0.2, 0) is 6.42 Å². The van der Waals surface area contributed by atoms with Gasteiger partial charge < -0.3 is 0 Å². The van der Waals surface area contributed by atoms with Gasteiger partial charge in [-0.2, -0.15) is 0 Å². The van der Waals surface area contributed by atoms with E-state index in [0.29, 0.717) is 11.1 Å². The molecule has 0 aromatic heterocycles. The van der Waals surface area contributed by atoms with E-state index in [9.17, 15) is 13.2 Å². The molecule has 1 aliphatic carbocycles. The van der Waals surface area contributed by atoms with Gasteiger partial charge in [-0.25, -0.2) is 13.2 Å². The summed E-state index contributed by atoms with van der Waals surface area (Å²) in [5, 5.41) is 0. The molecule has 37 heavy (non-hydrogen) atoms. The molecule has 0 spiro atoms. The number of rotatable bonds is 10. The third kappa shape index (κ3) is 6.94. The van der Waals surface area contributed by atoms with Crippen LogP contribution in [0.3, 0.4) is 0 Å². The molecule has 4 rings (SSSR count). The second-order valence-electron chi connectivity index (χ2n) is 10.6. The van der Waals surface area contributed by atoms with Gasteiger partial charge in [0, 0.05) is 11.1 Å². The molecule has 1 aliphatic rings. The molecule has 0 bridgehead atoms. The van der Waals surface area contributed by atoms with Crippen molar-refractivity contribution < 1.29 is 13.2 Å². The molecule has 0 atom stereocenters. The average molecular weight is 505 g/mol. The Hall–Kier alpha value is -2.81. The SMILES string of the molecule is CCCCCc1ccc(-c2ccc(/C=C/c3ccc(C4CCC(CCC)CC4)c(F)c3F)cc2)c(F)c1. The van der Waals surface area contributed by atoms with E-state index in [1.807, 2.05) is 36.4 Å². The molecule has 0 radical (unpaired) electrons. The van der Waals surface area contributed by atoms with Gasteiger partial charge >= 0.3 is 0 Å². The lowest BCUT2D eigenvalue weighted by Crippen LogP contribution is -2.15. The Morgan fingerprint density at radius 2 is 1.51 bits per heavy atom. The van der Waals surface area contributed by atoms with Crippen molar-refractivity contribution in [2.24, 2.45) is 5.92 Å². The van der Waals surface area contributed by atoms with Crippen molar-refractivity contribution in [1.29, 1.82) is 0 Å². The minimum absolute atomic E-state index is 0.110. The number of hydrogen-bond acceptors (Lipinski definition) is 0. The summed E-state index contributed by atoms with van der Waals surface area (Å²) in [6.45, 7) is 4.36. The summed E-state index contributed by atoms with van der Waals surface area (Å²) < 4.78 is 44.6. The Balaban J connectivity index is 1.42. The first-order chi connectivity index (χ1) is 18.0. The molecule has 0 amide bonds. The molecule has 0 heterocycles. The maximum absolute atomic E-state index is 15.0. The van der Waals surface area contributed by atoms with Gasteiger partial charge in [-0.3, -0.25) is 0 Å². The average Bonchev–Trinajstić information content (AvgIpc) is 2.91. The number of halogens is 3. The van der Waals surface area contributed by atoms with Gasteiger partial charge in [0.15, 0.2) is 11.6 Å². The van der Waals surface area contributed by atoms with Crippen LogP contribution in [-0.4, -0.2) is 0 Å². The van der Waals surface area contributed by atoms with Crippen LogP contribution < -0.4 is 0 Å². The van der Waals surface area contributed by atoms with Crippen molar-refractivity contribution >= 4 is 12.2 Å². The Bertz CT molecular complexity index is 1180. The van der Waals surface area contributed by atoms with Gasteiger partial charge in [-0.15, -0.1) is 0 Å². The van der Waals surface area contributed by atoms with Crippen LogP contribution in [0.5, 0.6) is 0 Å². The lowest BCUT2D eigenvalue weighted by molar-refractivity contribution is 0.303. The zero-order valence-corrected chi connectivity index (χ0v) is 22.2. The lowest BCUT2D eigenvalue weighted by Gasteiger charge is -2.29. The highest BCUT2D eigenvalue weighted by atomic mass is 19.2. The minimum atomic E-state index is -0.776. The molecule has 0 saturated heterocycles. The predicted molar refractivity (Wildman–Crippen MR) is 150 cm³/mol. The van der Waals surface area contributed by atoms with E-state index in [4.69, 9.17) is 0 Å². The summed E-state index contributed by atoms with van der Waals surface area (Å²) in [5.41, 5.74) is 4.01. The molecular weight excluding hydrogens is 465 g/mol. The molecule has 3 aromatic rings. The van der Waals surface area contributed by atoms with E-state index in [2.05, 4.69) is 13.8 Å². The lowest BCUT2D eigenvalue weighted by atomic mass is 9.77. The first-order valence-corrected chi connectivity index (χ1v) is 14.0. The normalized spacial score (nSPS) is 18.0. The van der Waals surface area contributed by atoms with E-state index in [1.54, 1.807) is 30.4 Å². The van der Waals surface area contributed by atoms with Crippen LogP contribution in [0.15, 0.2) is 54.6 Å². The van der Waals surface area contributed by atoms with E-state index in [-0.39, 0.29) is 17.3 Å². The zero-order chi connectivity index (χ0) is 26.2. The van der Waals surface area contributed by atoms with Crippen LogP contribution in [0.4, 0.5) is 13.2 Å². The molecule has 0 unspecified atom stereocenters. The van der Waals surface area contributed by atoms with Crippen LogP contribution in [0, 0.1) is 23.4 Å². The summed E-state index contributed by atoms with van der Waals surface area (Å²) >= 11 is 0. The standard InChI is InChI=1S/C34H39F3/c1-3-5-6-8-26-14-21-30(32(35)23-26)27-15-11-25(12-16-27)13-19-29-20-22-31(34(37)33(29)36)28-17-9-24(7-4-2)10-18-28/h11-16,19-24,28H,3-10,17-18H2,1-2H3/b19-13+. The number of hydrogen-bond donors (Lipinski definition) is 0. The van der Waals surface area contributed by atoms with Gasteiger partial charge in [-0.1, -0.05) is 100 Å². The number of unbranched alkanes of at least 4 members (excludes halogenated alkanes) is 2. The van der Waals surface area contributed by atoms with Crippen molar-refractivity contribution in [3.63, 3.8) is 0 Å². The van der Waals surface area contributed by atoms with Crippen LogP contribution in [0.1, 0.15) is 99.8 Å². The van der Waals surface area contributed by atoms with Crippen molar-refractivity contribution in [3.8, 4) is 11.1 Å². The smallest absolute Gasteiger partial charge is 0.166 e.